The highest BCUT2D eigenvalue weighted by atomic mass is 32.1. The molecule has 120 valence electrons. The molecule has 4 rings (SSSR count). The van der Waals surface area contributed by atoms with Gasteiger partial charge in [0, 0.05) is 17.8 Å². The van der Waals surface area contributed by atoms with Gasteiger partial charge in [0.05, 0.1) is 16.8 Å². The van der Waals surface area contributed by atoms with Crippen LogP contribution < -0.4 is 5.32 Å². The van der Waals surface area contributed by atoms with Crippen molar-refractivity contribution < 1.29 is 0 Å². The number of thiophene rings is 1. The average molecular weight is 335 g/mol. The zero-order valence-corrected chi connectivity index (χ0v) is 14.3. The molecule has 0 aliphatic heterocycles. The third kappa shape index (κ3) is 2.55. The van der Waals surface area contributed by atoms with E-state index in [-0.39, 0.29) is 0 Å². The smallest absolute Gasteiger partial charge is 0.138 e. The Kier molecular flexibility index (Phi) is 3.74. The summed E-state index contributed by atoms with van der Waals surface area (Å²) in [5.41, 5.74) is 4.44. The summed E-state index contributed by atoms with van der Waals surface area (Å²) >= 11 is 1.62. The maximum atomic E-state index is 4.69. The van der Waals surface area contributed by atoms with Crippen LogP contribution in [0.4, 0.5) is 5.82 Å². The zero-order chi connectivity index (χ0) is 16.5. The first-order chi connectivity index (χ1) is 11.7. The number of hydrogen-bond donors (Lipinski definition) is 1. The van der Waals surface area contributed by atoms with Crippen molar-refractivity contribution in [3.05, 3.63) is 65.1 Å². The number of anilines is 1. The van der Waals surface area contributed by atoms with E-state index in [0.29, 0.717) is 6.54 Å². The normalized spacial score (nSPS) is 11.1. The van der Waals surface area contributed by atoms with Crippen molar-refractivity contribution in [2.45, 2.75) is 20.4 Å². The lowest BCUT2D eigenvalue weighted by atomic mass is 10.2. The average Bonchev–Trinajstić information content (AvgIpc) is 3.19. The van der Waals surface area contributed by atoms with Gasteiger partial charge in [0.1, 0.15) is 17.0 Å². The Morgan fingerprint density at radius 2 is 1.92 bits per heavy atom. The fourth-order valence-corrected chi connectivity index (χ4v) is 3.59. The Bertz CT molecular complexity index is 987. The maximum Gasteiger partial charge on any atom is 0.138 e. The minimum Gasteiger partial charge on any atom is -0.365 e. The molecule has 4 aromatic rings. The summed E-state index contributed by atoms with van der Waals surface area (Å²) in [6.45, 7) is 4.83. The predicted molar refractivity (Wildman–Crippen MR) is 97.8 cm³/mol. The molecule has 0 aliphatic carbocycles. The van der Waals surface area contributed by atoms with Crippen molar-refractivity contribution >= 4 is 27.4 Å². The number of aryl methyl sites for hydroxylation is 1. The molecule has 0 amide bonds. The molecule has 1 aromatic carbocycles. The maximum absolute atomic E-state index is 4.69. The first-order valence-corrected chi connectivity index (χ1v) is 8.64. The van der Waals surface area contributed by atoms with E-state index in [0.717, 1.165) is 33.1 Å². The van der Waals surface area contributed by atoms with Crippen LogP contribution in [0.3, 0.4) is 0 Å². The number of nitrogens with one attached hydrogen (secondary N) is 1. The van der Waals surface area contributed by atoms with Crippen molar-refractivity contribution in [3.63, 3.8) is 0 Å². The van der Waals surface area contributed by atoms with Gasteiger partial charge in [-0.2, -0.15) is 5.10 Å². The minimum absolute atomic E-state index is 0.687. The number of aromatic nitrogens is 4. The molecule has 0 unspecified atom stereocenters. The van der Waals surface area contributed by atoms with Crippen LogP contribution in [0.2, 0.25) is 0 Å². The third-order valence-corrected chi connectivity index (χ3v) is 4.96. The molecule has 0 saturated heterocycles. The van der Waals surface area contributed by atoms with Gasteiger partial charge in [0.2, 0.25) is 0 Å². The van der Waals surface area contributed by atoms with Crippen molar-refractivity contribution in [1.29, 1.82) is 0 Å². The molecular formula is C18H17N5S. The summed E-state index contributed by atoms with van der Waals surface area (Å²) in [5.74, 6) is 0.868. The molecule has 24 heavy (non-hydrogen) atoms. The van der Waals surface area contributed by atoms with Crippen LogP contribution in [0.1, 0.15) is 17.0 Å². The molecule has 0 atom stereocenters. The van der Waals surface area contributed by atoms with E-state index in [1.165, 1.54) is 5.56 Å². The van der Waals surface area contributed by atoms with E-state index in [4.69, 9.17) is 5.10 Å². The second-order valence-electron chi connectivity index (χ2n) is 5.61. The number of fused-ring (bicyclic) bond motifs is 1. The Balaban J connectivity index is 1.64. The van der Waals surface area contributed by atoms with Crippen LogP contribution in [0, 0.1) is 13.8 Å². The molecule has 0 fully saturated rings. The van der Waals surface area contributed by atoms with Crippen molar-refractivity contribution in [2.24, 2.45) is 0 Å². The highest BCUT2D eigenvalue weighted by Gasteiger charge is 2.13. The largest absolute Gasteiger partial charge is 0.365 e. The van der Waals surface area contributed by atoms with Crippen LogP contribution in [-0.4, -0.2) is 19.7 Å². The molecule has 5 nitrogen and oxygen atoms in total. The third-order valence-electron chi connectivity index (χ3n) is 4.14. The van der Waals surface area contributed by atoms with E-state index in [1.54, 1.807) is 17.7 Å². The Morgan fingerprint density at radius 1 is 1.08 bits per heavy atom. The van der Waals surface area contributed by atoms with E-state index in [2.05, 4.69) is 40.4 Å². The summed E-state index contributed by atoms with van der Waals surface area (Å²) in [7, 11) is 0. The molecule has 0 aliphatic rings. The number of rotatable bonds is 4. The zero-order valence-electron chi connectivity index (χ0n) is 13.5. The van der Waals surface area contributed by atoms with Gasteiger partial charge in [0.15, 0.2) is 0 Å². The molecule has 0 radical (unpaired) electrons. The lowest BCUT2D eigenvalue weighted by molar-refractivity contribution is 0.832. The second-order valence-corrected chi connectivity index (χ2v) is 6.51. The summed E-state index contributed by atoms with van der Waals surface area (Å²) < 4.78 is 1.99. The monoisotopic (exact) mass is 335 g/mol. The van der Waals surface area contributed by atoms with Gasteiger partial charge in [0.25, 0.3) is 0 Å². The van der Waals surface area contributed by atoms with Crippen molar-refractivity contribution in [3.8, 4) is 5.69 Å². The lowest BCUT2D eigenvalue weighted by Gasteiger charge is -2.08. The summed E-state index contributed by atoms with van der Waals surface area (Å²) in [6.07, 6.45) is 1.61. The SMILES string of the molecule is Cc1nn(-c2ccccc2)c(C)c1CNc1ncnc2sccc12. The number of nitrogens with zero attached hydrogens (tertiary/aromatic N) is 4. The summed E-state index contributed by atoms with van der Waals surface area (Å²) in [5, 5.41) is 11.2. The number of hydrogen-bond acceptors (Lipinski definition) is 5. The molecular weight excluding hydrogens is 318 g/mol. The first-order valence-electron chi connectivity index (χ1n) is 7.76. The molecule has 6 heteroatoms. The molecule has 0 bridgehead atoms. The summed E-state index contributed by atoms with van der Waals surface area (Å²) in [4.78, 5) is 9.66. The molecule has 0 saturated carbocycles. The van der Waals surface area contributed by atoms with E-state index in [1.807, 2.05) is 35.2 Å². The van der Waals surface area contributed by atoms with Gasteiger partial charge in [-0.3, -0.25) is 0 Å². The van der Waals surface area contributed by atoms with Crippen molar-refractivity contribution in [1.82, 2.24) is 19.7 Å². The van der Waals surface area contributed by atoms with Crippen LogP contribution in [0.5, 0.6) is 0 Å². The molecule has 3 aromatic heterocycles. The van der Waals surface area contributed by atoms with Crippen LogP contribution in [0.15, 0.2) is 48.1 Å². The molecule has 3 heterocycles. The molecule has 1 N–H and O–H groups in total. The van der Waals surface area contributed by atoms with E-state index in [9.17, 15) is 0 Å². The number of benzene rings is 1. The van der Waals surface area contributed by atoms with Gasteiger partial charge in [-0.25, -0.2) is 14.6 Å². The number of para-hydroxylation sites is 1. The highest BCUT2D eigenvalue weighted by molar-refractivity contribution is 7.16. The van der Waals surface area contributed by atoms with Gasteiger partial charge >= 0.3 is 0 Å². The first kappa shape index (κ1) is 14.8. The van der Waals surface area contributed by atoms with Crippen LogP contribution in [-0.2, 0) is 6.54 Å². The summed E-state index contributed by atoms with van der Waals surface area (Å²) in [6, 6.07) is 12.2. The Hall–Kier alpha value is -2.73. The Morgan fingerprint density at radius 3 is 2.75 bits per heavy atom. The lowest BCUT2D eigenvalue weighted by Crippen LogP contribution is -2.04. The highest BCUT2D eigenvalue weighted by Crippen LogP contribution is 2.25. The fourth-order valence-electron chi connectivity index (χ4n) is 2.85. The fraction of sp³-hybridized carbons (Fsp3) is 0.167. The standard InChI is InChI=1S/C18H17N5S/c1-12-16(13(2)23(22-12)14-6-4-3-5-7-14)10-19-17-15-8-9-24-18(15)21-11-20-17/h3-9,11H,10H2,1-2H3,(H,19,20,21). The topological polar surface area (TPSA) is 55.6 Å². The van der Waals surface area contributed by atoms with Gasteiger partial charge in [-0.05, 0) is 37.4 Å². The van der Waals surface area contributed by atoms with Crippen LogP contribution >= 0.6 is 11.3 Å². The Labute approximate surface area is 144 Å². The predicted octanol–water partition coefficient (Wildman–Crippen LogP) is 4.11. The molecule has 0 spiro atoms. The van der Waals surface area contributed by atoms with Gasteiger partial charge < -0.3 is 5.32 Å². The minimum atomic E-state index is 0.687. The second kappa shape index (κ2) is 6.05. The van der Waals surface area contributed by atoms with E-state index >= 15 is 0 Å². The van der Waals surface area contributed by atoms with Crippen molar-refractivity contribution in [2.75, 3.05) is 5.32 Å². The quantitative estimate of drug-likeness (QED) is 0.610. The van der Waals surface area contributed by atoms with Gasteiger partial charge in [-0.15, -0.1) is 11.3 Å². The van der Waals surface area contributed by atoms with Crippen LogP contribution in [0.25, 0.3) is 15.9 Å². The van der Waals surface area contributed by atoms with Gasteiger partial charge in [-0.1, -0.05) is 18.2 Å². The van der Waals surface area contributed by atoms with E-state index < -0.39 is 0 Å².